The van der Waals surface area contributed by atoms with E-state index < -0.39 is 11.8 Å². The zero-order valence-corrected chi connectivity index (χ0v) is 8.90. The Hall–Kier alpha value is -1.64. The Morgan fingerprint density at radius 1 is 1.27 bits per heavy atom. The fourth-order valence-electron chi connectivity index (χ4n) is 1.18. The minimum atomic E-state index is -0.766. The maximum atomic E-state index is 10.9. The first-order chi connectivity index (χ1) is 7.11. The van der Waals surface area contributed by atoms with Gasteiger partial charge in [0.1, 0.15) is 0 Å². The van der Waals surface area contributed by atoms with Gasteiger partial charge in [-0.1, -0.05) is 37.3 Å². The summed E-state index contributed by atoms with van der Waals surface area (Å²) in [6.45, 7) is 3.39. The largest absolute Gasteiger partial charge is 0.459 e. The highest BCUT2D eigenvalue weighted by Gasteiger charge is 2.12. The van der Waals surface area contributed by atoms with E-state index in [1.165, 1.54) is 6.92 Å². The molecular formula is C12H14O3. The third-order valence-electron chi connectivity index (χ3n) is 2.12. The fourth-order valence-corrected chi connectivity index (χ4v) is 1.18. The highest BCUT2D eigenvalue weighted by atomic mass is 16.5. The zero-order valence-electron chi connectivity index (χ0n) is 8.90. The molecule has 0 radical (unpaired) electrons. The highest BCUT2D eigenvalue weighted by molar-refractivity contribution is 6.32. The summed E-state index contributed by atoms with van der Waals surface area (Å²) >= 11 is 0. The Morgan fingerprint density at radius 3 is 2.40 bits per heavy atom. The normalized spacial score (nSPS) is 11.9. The average molecular weight is 206 g/mol. The fraction of sp³-hybridized carbons (Fsp3) is 0.333. The van der Waals surface area contributed by atoms with Gasteiger partial charge in [0.25, 0.3) is 0 Å². The van der Waals surface area contributed by atoms with Crippen molar-refractivity contribution in [3.8, 4) is 0 Å². The molecule has 1 atom stereocenters. The van der Waals surface area contributed by atoms with Crippen molar-refractivity contribution in [1.29, 1.82) is 0 Å². The van der Waals surface area contributed by atoms with E-state index >= 15 is 0 Å². The molecule has 0 aromatic heterocycles. The molecule has 1 rings (SSSR count). The van der Waals surface area contributed by atoms with Crippen molar-refractivity contribution < 1.29 is 14.3 Å². The molecule has 1 aromatic carbocycles. The first kappa shape index (κ1) is 11.4. The Kier molecular flexibility index (Phi) is 4.03. The molecule has 0 fully saturated rings. The van der Waals surface area contributed by atoms with Gasteiger partial charge in [0.2, 0.25) is 5.78 Å². The number of ether oxygens (including phenoxy) is 1. The van der Waals surface area contributed by atoms with E-state index in [2.05, 4.69) is 0 Å². The van der Waals surface area contributed by atoms with Crippen molar-refractivity contribution in [2.24, 2.45) is 0 Å². The molecule has 80 valence electrons. The van der Waals surface area contributed by atoms with Gasteiger partial charge in [0.05, 0.1) is 6.61 Å². The van der Waals surface area contributed by atoms with E-state index in [9.17, 15) is 9.59 Å². The van der Waals surface area contributed by atoms with E-state index in [1.807, 2.05) is 37.3 Å². The molecule has 0 aliphatic heterocycles. The molecule has 0 heterocycles. The van der Waals surface area contributed by atoms with Crippen LogP contribution in [0.1, 0.15) is 25.3 Å². The predicted molar refractivity (Wildman–Crippen MR) is 56.5 cm³/mol. The third-order valence-corrected chi connectivity index (χ3v) is 2.12. The first-order valence-electron chi connectivity index (χ1n) is 4.84. The molecule has 0 spiro atoms. The van der Waals surface area contributed by atoms with Crippen LogP contribution >= 0.6 is 0 Å². The van der Waals surface area contributed by atoms with Crippen molar-refractivity contribution in [2.45, 2.75) is 19.8 Å². The van der Waals surface area contributed by atoms with Gasteiger partial charge >= 0.3 is 5.97 Å². The molecule has 1 unspecified atom stereocenters. The van der Waals surface area contributed by atoms with Crippen LogP contribution < -0.4 is 0 Å². The Morgan fingerprint density at radius 2 is 1.87 bits per heavy atom. The Balaban J connectivity index is 2.47. The smallest absolute Gasteiger partial charge is 0.374 e. The van der Waals surface area contributed by atoms with Gasteiger partial charge in [-0.05, 0) is 5.56 Å². The average Bonchev–Trinajstić information content (AvgIpc) is 2.26. The van der Waals surface area contributed by atoms with Crippen molar-refractivity contribution in [2.75, 3.05) is 6.61 Å². The maximum absolute atomic E-state index is 10.9. The molecule has 15 heavy (non-hydrogen) atoms. The van der Waals surface area contributed by atoms with Crippen LogP contribution in [-0.4, -0.2) is 18.4 Å². The van der Waals surface area contributed by atoms with Crippen molar-refractivity contribution in [3.63, 3.8) is 0 Å². The zero-order chi connectivity index (χ0) is 11.3. The molecule has 0 bridgehead atoms. The molecule has 0 amide bonds. The summed E-state index contributed by atoms with van der Waals surface area (Å²) in [4.78, 5) is 21.5. The van der Waals surface area contributed by atoms with Crippen molar-refractivity contribution in [3.05, 3.63) is 35.9 Å². The summed E-state index contributed by atoms with van der Waals surface area (Å²) < 4.78 is 4.83. The molecule has 0 aliphatic carbocycles. The van der Waals surface area contributed by atoms with E-state index in [0.29, 0.717) is 0 Å². The van der Waals surface area contributed by atoms with Crippen LogP contribution in [0.3, 0.4) is 0 Å². The standard InChI is InChI=1S/C12H14O3/c1-9(8-15-12(14)10(2)13)11-6-4-3-5-7-11/h3-7,9H,8H2,1-2H3. The van der Waals surface area contributed by atoms with Gasteiger partial charge in [-0.15, -0.1) is 0 Å². The number of Topliss-reactive ketones (excluding diaryl/α,β-unsaturated/α-hetero) is 1. The monoisotopic (exact) mass is 206 g/mol. The van der Waals surface area contributed by atoms with E-state index in [-0.39, 0.29) is 12.5 Å². The maximum Gasteiger partial charge on any atom is 0.374 e. The van der Waals surface area contributed by atoms with Crippen LogP contribution in [0.25, 0.3) is 0 Å². The summed E-state index contributed by atoms with van der Waals surface area (Å²) in [5.74, 6) is -1.22. The summed E-state index contributed by atoms with van der Waals surface area (Å²) in [7, 11) is 0. The van der Waals surface area contributed by atoms with Crippen LogP contribution in [0.4, 0.5) is 0 Å². The van der Waals surface area contributed by atoms with Crippen LogP contribution in [0.15, 0.2) is 30.3 Å². The number of hydrogen-bond donors (Lipinski definition) is 0. The second-order valence-corrected chi connectivity index (χ2v) is 3.47. The minimum Gasteiger partial charge on any atom is -0.459 e. The van der Waals surface area contributed by atoms with E-state index in [4.69, 9.17) is 4.74 Å². The van der Waals surface area contributed by atoms with Crippen LogP contribution in [0.5, 0.6) is 0 Å². The molecule has 0 saturated carbocycles. The van der Waals surface area contributed by atoms with Gasteiger partial charge < -0.3 is 4.74 Å². The quantitative estimate of drug-likeness (QED) is 0.558. The van der Waals surface area contributed by atoms with Gasteiger partial charge in [0, 0.05) is 12.8 Å². The molecule has 0 saturated heterocycles. The van der Waals surface area contributed by atoms with Crippen molar-refractivity contribution in [1.82, 2.24) is 0 Å². The Bertz CT molecular complexity index is 343. The highest BCUT2D eigenvalue weighted by Crippen LogP contribution is 2.14. The molecule has 3 nitrogen and oxygen atoms in total. The number of ketones is 1. The van der Waals surface area contributed by atoms with Crippen LogP contribution in [0, 0.1) is 0 Å². The SMILES string of the molecule is CC(=O)C(=O)OCC(C)c1ccccc1. The number of benzene rings is 1. The molecule has 3 heteroatoms. The molecule has 0 N–H and O–H groups in total. The predicted octanol–water partition coefficient (Wildman–Crippen LogP) is 1.92. The Labute approximate surface area is 89.1 Å². The summed E-state index contributed by atoms with van der Waals surface area (Å²) in [5.41, 5.74) is 1.09. The van der Waals surface area contributed by atoms with Crippen LogP contribution in [0.2, 0.25) is 0 Å². The lowest BCUT2D eigenvalue weighted by Crippen LogP contribution is -2.17. The van der Waals surface area contributed by atoms with E-state index in [0.717, 1.165) is 5.56 Å². The molecular weight excluding hydrogens is 192 g/mol. The number of carbonyl (C=O) groups excluding carboxylic acids is 2. The lowest BCUT2D eigenvalue weighted by atomic mass is 10.0. The second-order valence-electron chi connectivity index (χ2n) is 3.47. The lowest BCUT2D eigenvalue weighted by Gasteiger charge is -2.11. The van der Waals surface area contributed by atoms with Gasteiger partial charge in [-0.2, -0.15) is 0 Å². The number of carbonyl (C=O) groups is 2. The first-order valence-corrected chi connectivity index (χ1v) is 4.84. The van der Waals surface area contributed by atoms with Gasteiger partial charge in [0.15, 0.2) is 0 Å². The van der Waals surface area contributed by atoms with E-state index in [1.54, 1.807) is 0 Å². The van der Waals surface area contributed by atoms with Gasteiger partial charge in [-0.25, -0.2) is 4.79 Å². The summed E-state index contributed by atoms with van der Waals surface area (Å²) in [6, 6.07) is 9.72. The molecule has 0 aliphatic rings. The summed E-state index contributed by atoms with van der Waals surface area (Å²) in [6.07, 6.45) is 0. The number of esters is 1. The topological polar surface area (TPSA) is 43.4 Å². The molecule has 1 aromatic rings. The third kappa shape index (κ3) is 3.54. The van der Waals surface area contributed by atoms with Gasteiger partial charge in [-0.3, -0.25) is 4.79 Å². The van der Waals surface area contributed by atoms with Crippen molar-refractivity contribution >= 4 is 11.8 Å². The summed E-state index contributed by atoms with van der Waals surface area (Å²) in [5, 5.41) is 0. The number of rotatable bonds is 4. The minimum absolute atomic E-state index is 0.106. The number of hydrogen-bond acceptors (Lipinski definition) is 3. The lowest BCUT2D eigenvalue weighted by molar-refractivity contribution is -0.153. The van der Waals surface area contributed by atoms with Crippen LogP contribution in [-0.2, 0) is 14.3 Å². The second kappa shape index (κ2) is 5.29.